The molecular weight excluding hydrogens is 332 g/mol. The SMILES string of the molecule is NC(N)=NC(=O)NCc1cccc(-c2cnc(N3CCNCC3)nc2)c1. The Morgan fingerprint density at radius 1 is 1.19 bits per heavy atom. The van der Waals surface area contributed by atoms with E-state index in [9.17, 15) is 4.79 Å². The van der Waals surface area contributed by atoms with Gasteiger partial charge < -0.3 is 27.0 Å². The molecule has 9 heteroatoms. The Balaban J connectivity index is 1.67. The van der Waals surface area contributed by atoms with Gasteiger partial charge in [0.25, 0.3) is 0 Å². The van der Waals surface area contributed by atoms with Crippen molar-refractivity contribution in [2.45, 2.75) is 6.54 Å². The third kappa shape index (κ3) is 4.67. The Labute approximate surface area is 151 Å². The highest BCUT2D eigenvalue weighted by Gasteiger charge is 2.12. The average Bonchev–Trinajstić information content (AvgIpc) is 2.67. The molecule has 2 amide bonds. The predicted octanol–water partition coefficient (Wildman–Crippen LogP) is 0.0362. The van der Waals surface area contributed by atoms with E-state index < -0.39 is 6.03 Å². The zero-order chi connectivity index (χ0) is 18.4. The second-order valence-electron chi connectivity index (χ2n) is 5.90. The third-order valence-corrected chi connectivity index (χ3v) is 3.97. The third-order valence-electron chi connectivity index (χ3n) is 3.97. The van der Waals surface area contributed by atoms with Crippen LogP contribution >= 0.6 is 0 Å². The van der Waals surface area contributed by atoms with Crippen molar-refractivity contribution in [1.29, 1.82) is 0 Å². The van der Waals surface area contributed by atoms with Crippen LogP contribution in [0.5, 0.6) is 0 Å². The number of piperazine rings is 1. The van der Waals surface area contributed by atoms with Crippen LogP contribution < -0.4 is 27.0 Å². The van der Waals surface area contributed by atoms with Crippen molar-refractivity contribution in [2.24, 2.45) is 16.5 Å². The Kier molecular flexibility index (Phi) is 5.59. The number of aliphatic imine (C=N–C) groups is 1. The maximum absolute atomic E-state index is 11.5. The first-order chi connectivity index (χ1) is 12.6. The molecule has 0 radical (unpaired) electrons. The minimum absolute atomic E-state index is 0.266. The molecule has 0 unspecified atom stereocenters. The summed E-state index contributed by atoms with van der Waals surface area (Å²) in [5, 5.41) is 5.94. The summed E-state index contributed by atoms with van der Waals surface area (Å²) in [5.41, 5.74) is 13.2. The molecule has 3 rings (SSSR count). The van der Waals surface area contributed by atoms with Crippen molar-refractivity contribution in [3.8, 4) is 11.1 Å². The van der Waals surface area contributed by atoms with E-state index in [2.05, 4.69) is 30.5 Å². The summed E-state index contributed by atoms with van der Waals surface area (Å²) >= 11 is 0. The Bertz CT molecular complexity index is 780. The molecule has 26 heavy (non-hydrogen) atoms. The predicted molar refractivity (Wildman–Crippen MR) is 101 cm³/mol. The molecular formula is C17H22N8O. The number of benzene rings is 1. The van der Waals surface area contributed by atoms with Crippen molar-refractivity contribution in [2.75, 3.05) is 31.1 Å². The second kappa shape index (κ2) is 8.26. The number of nitrogens with one attached hydrogen (secondary N) is 2. The van der Waals surface area contributed by atoms with Crippen LogP contribution in [0.25, 0.3) is 11.1 Å². The number of carbonyl (C=O) groups excluding carboxylic acids is 1. The van der Waals surface area contributed by atoms with Crippen LogP contribution in [0.3, 0.4) is 0 Å². The van der Waals surface area contributed by atoms with Gasteiger partial charge in [0.15, 0.2) is 5.96 Å². The van der Waals surface area contributed by atoms with Crippen LogP contribution in [0.4, 0.5) is 10.7 Å². The highest BCUT2D eigenvalue weighted by Crippen LogP contribution is 2.20. The summed E-state index contributed by atoms with van der Waals surface area (Å²) in [6, 6.07) is 7.21. The smallest absolute Gasteiger partial charge is 0.344 e. The average molecular weight is 354 g/mol. The summed E-state index contributed by atoms with van der Waals surface area (Å²) < 4.78 is 0. The number of anilines is 1. The number of hydrogen-bond acceptors (Lipinski definition) is 5. The number of nitrogens with zero attached hydrogens (tertiary/aromatic N) is 4. The van der Waals surface area contributed by atoms with Crippen molar-refractivity contribution >= 4 is 17.9 Å². The monoisotopic (exact) mass is 354 g/mol. The van der Waals surface area contributed by atoms with Gasteiger partial charge >= 0.3 is 6.03 Å². The van der Waals surface area contributed by atoms with Crippen molar-refractivity contribution in [1.82, 2.24) is 20.6 Å². The summed E-state index contributed by atoms with van der Waals surface area (Å²) in [5.74, 6) is 0.480. The fourth-order valence-corrected chi connectivity index (χ4v) is 2.69. The second-order valence-corrected chi connectivity index (χ2v) is 5.90. The number of nitrogens with two attached hydrogens (primary N) is 2. The van der Waals surface area contributed by atoms with Crippen molar-refractivity contribution in [3.05, 3.63) is 42.2 Å². The number of amides is 2. The van der Waals surface area contributed by atoms with Crippen LogP contribution in [0.1, 0.15) is 5.56 Å². The van der Waals surface area contributed by atoms with Crippen molar-refractivity contribution < 1.29 is 4.79 Å². The zero-order valence-corrected chi connectivity index (χ0v) is 14.4. The number of aromatic nitrogens is 2. The lowest BCUT2D eigenvalue weighted by Gasteiger charge is -2.27. The van der Waals surface area contributed by atoms with E-state index in [-0.39, 0.29) is 5.96 Å². The fourth-order valence-electron chi connectivity index (χ4n) is 2.69. The van der Waals surface area contributed by atoms with Gasteiger partial charge in [-0.2, -0.15) is 4.99 Å². The summed E-state index contributed by atoms with van der Waals surface area (Å²) in [7, 11) is 0. The number of urea groups is 1. The number of rotatable bonds is 4. The highest BCUT2D eigenvalue weighted by molar-refractivity contribution is 5.90. The van der Waals surface area contributed by atoms with E-state index in [1.165, 1.54) is 0 Å². The topological polar surface area (TPSA) is 135 Å². The molecule has 0 saturated carbocycles. The van der Waals surface area contributed by atoms with E-state index in [4.69, 9.17) is 11.5 Å². The minimum Gasteiger partial charge on any atom is -0.370 e. The fraction of sp³-hybridized carbons (Fsp3) is 0.294. The molecule has 0 bridgehead atoms. The van der Waals surface area contributed by atoms with Gasteiger partial charge in [-0.05, 0) is 17.2 Å². The first-order valence-electron chi connectivity index (χ1n) is 8.36. The molecule has 1 saturated heterocycles. The molecule has 2 aromatic rings. The Hall–Kier alpha value is -3.20. The molecule has 1 aliphatic heterocycles. The molecule has 0 spiro atoms. The van der Waals surface area contributed by atoms with E-state index in [0.717, 1.165) is 48.8 Å². The summed E-state index contributed by atoms with van der Waals surface area (Å²) in [6.45, 7) is 4.02. The van der Waals surface area contributed by atoms with E-state index in [1.54, 1.807) is 0 Å². The highest BCUT2D eigenvalue weighted by atomic mass is 16.2. The maximum Gasteiger partial charge on any atom is 0.344 e. The van der Waals surface area contributed by atoms with E-state index >= 15 is 0 Å². The van der Waals surface area contributed by atoms with E-state index in [0.29, 0.717) is 6.54 Å². The number of hydrogen-bond donors (Lipinski definition) is 4. The quantitative estimate of drug-likeness (QED) is 0.449. The van der Waals surface area contributed by atoms with E-state index in [1.807, 2.05) is 36.7 Å². The first kappa shape index (κ1) is 17.6. The van der Waals surface area contributed by atoms with Crippen molar-refractivity contribution in [3.63, 3.8) is 0 Å². The van der Waals surface area contributed by atoms with Crippen LogP contribution in [0, 0.1) is 0 Å². The summed E-state index contributed by atoms with van der Waals surface area (Å²) in [6.07, 6.45) is 3.64. The first-order valence-corrected chi connectivity index (χ1v) is 8.36. The minimum atomic E-state index is -0.570. The largest absolute Gasteiger partial charge is 0.370 e. The number of guanidine groups is 1. The maximum atomic E-state index is 11.5. The molecule has 1 fully saturated rings. The normalized spacial score (nSPS) is 13.9. The molecule has 6 N–H and O–H groups in total. The molecule has 0 aliphatic carbocycles. The van der Waals surface area contributed by atoms with Gasteiger partial charge in [-0.3, -0.25) is 0 Å². The van der Waals surface area contributed by atoms with Gasteiger partial charge in [-0.1, -0.05) is 18.2 Å². The van der Waals surface area contributed by atoms with Crippen LogP contribution in [0.15, 0.2) is 41.7 Å². The molecule has 1 aromatic carbocycles. The lowest BCUT2D eigenvalue weighted by molar-refractivity contribution is 0.249. The summed E-state index contributed by atoms with van der Waals surface area (Å²) in [4.78, 5) is 26.0. The lowest BCUT2D eigenvalue weighted by Crippen LogP contribution is -2.44. The van der Waals surface area contributed by atoms with Gasteiger partial charge in [-0.15, -0.1) is 0 Å². The van der Waals surface area contributed by atoms with Gasteiger partial charge in [0.2, 0.25) is 5.95 Å². The zero-order valence-electron chi connectivity index (χ0n) is 14.4. The standard InChI is InChI=1S/C17H22N8O/c18-15(19)24-17(26)23-9-12-2-1-3-13(8-12)14-10-21-16(22-11-14)25-6-4-20-5-7-25/h1-3,8,10-11,20H,4-7,9H2,(H5,18,19,23,24,26). The van der Waals surface area contributed by atoms with Crippen LogP contribution in [0.2, 0.25) is 0 Å². The molecule has 1 aromatic heterocycles. The van der Waals surface area contributed by atoms with Gasteiger partial charge in [0.05, 0.1) is 0 Å². The molecule has 9 nitrogen and oxygen atoms in total. The molecule has 0 atom stereocenters. The van der Waals surface area contributed by atoms with Gasteiger partial charge in [0, 0.05) is 50.7 Å². The number of carbonyl (C=O) groups is 1. The lowest BCUT2D eigenvalue weighted by atomic mass is 10.1. The van der Waals surface area contributed by atoms with Crippen LogP contribution in [-0.2, 0) is 6.54 Å². The Morgan fingerprint density at radius 2 is 1.92 bits per heavy atom. The Morgan fingerprint density at radius 3 is 2.62 bits per heavy atom. The molecule has 2 heterocycles. The molecule has 136 valence electrons. The molecule has 1 aliphatic rings. The van der Waals surface area contributed by atoms with Crippen LogP contribution in [-0.4, -0.2) is 48.1 Å². The van der Waals surface area contributed by atoms with Gasteiger partial charge in [0.1, 0.15) is 0 Å². The van der Waals surface area contributed by atoms with Gasteiger partial charge in [-0.25, -0.2) is 14.8 Å².